The van der Waals surface area contributed by atoms with Gasteiger partial charge in [-0.25, -0.2) is 0 Å². The summed E-state index contributed by atoms with van der Waals surface area (Å²) in [5, 5.41) is 0. The highest BCUT2D eigenvalue weighted by molar-refractivity contribution is 4.77. The van der Waals surface area contributed by atoms with Gasteiger partial charge >= 0.3 is 0 Å². The minimum atomic E-state index is 0.500. The Morgan fingerprint density at radius 3 is 2.53 bits per heavy atom. The molecule has 2 saturated carbocycles. The molecule has 2 aliphatic rings. The van der Waals surface area contributed by atoms with E-state index in [9.17, 15) is 0 Å². The summed E-state index contributed by atoms with van der Waals surface area (Å²) >= 11 is 0. The van der Waals surface area contributed by atoms with Crippen LogP contribution in [0, 0.1) is 11.8 Å². The van der Waals surface area contributed by atoms with Crippen LogP contribution in [0.1, 0.15) is 71.6 Å². The molecule has 2 heteroatoms. The van der Waals surface area contributed by atoms with E-state index in [1.165, 1.54) is 57.8 Å². The van der Waals surface area contributed by atoms with Crippen molar-refractivity contribution in [2.45, 2.75) is 83.8 Å². The maximum atomic E-state index is 5.85. The Morgan fingerprint density at radius 1 is 1.06 bits per heavy atom. The van der Waals surface area contributed by atoms with Gasteiger partial charge in [0.25, 0.3) is 0 Å². The van der Waals surface area contributed by atoms with Gasteiger partial charge in [0.1, 0.15) is 0 Å². The fraction of sp³-hybridized carbons (Fsp3) is 1.00. The Hall–Kier alpha value is -0.0800. The van der Waals surface area contributed by atoms with Gasteiger partial charge in [0, 0.05) is 6.04 Å². The molecule has 0 bridgehead atoms. The van der Waals surface area contributed by atoms with Crippen LogP contribution in [-0.4, -0.2) is 12.1 Å². The second kappa shape index (κ2) is 6.75. The molecule has 0 aliphatic heterocycles. The van der Waals surface area contributed by atoms with Crippen LogP contribution in [-0.2, 0) is 4.84 Å². The van der Waals surface area contributed by atoms with E-state index < -0.39 is 0 Å². The van der Waals surface area contributed by atoms with Crippen LogP contribution in [0.25, 0.3) is 0 Å². The highest BCUT2D eigenvalue weighted by atomic mass is 16.7. The molecule has 0 aromatic carbocycles. The molecule has 2 aliphatic carbocycles. The average molecular weight is 239 g/mol. The number of hydrogen-bond donors (Lipinski definition) is 1. The van der Waals surface area contributed by atoms with Crippen LogP contribution in [0.2, 0.25) is 0 Å². The van der Waals surface area contributed by atoms with Crippen molar-refractivity contribution in [1.82, 2.24) is 5.48 Å². The highest BCUT2D eigenvalue weighted by Crippen LogP contribution is 2.30. The zero-order valence-electron chi connectivity index (χ0n) is 11.6. The summed E-state index contributed by atoms with van der Waals surface area (Å²) in [6.45, 7) is 4.68. The topological polar surface area (TPSA) is 21.3 Å². The lowest BCUT2D eigenvalue weighted by molar-refractivity contribution is -0.0503. The molecule has 2 unspecified atom stereocenters. The van der Waals surface area contributed by atoms with Gasteiger partial charge in [-0.3, -0.25) is 4.84 Å². The second-order valence-electron chi connectivity index (χ2n) is 6.50. The van der Waals surface area contributed by atoms with Gasteiger partial charge in [-0.05, 0) is 43.9 Å². The molecule has 2 rings (SSSR count). The zero-order chi connectivity index (χ0) is 12.1. The molecule has 2 nitrogen and oxygen atoms in total. The van der Waals surface area contributed by atoms with Crippen molar-refractivity contribution in [2.75, 3.05) is 0 Å². The van der Waals surface area contributed by atoms with Crippen LogP contribution in [0.4, 0.5) is 0 Å². The van der Waals surface area contributed by atoms with Crippen molar-refractivity contribution < 1.29 is 4.84 Å². The number of hydrogen-bond acceptors (Lipinski definition) is 2. The molecule has 0 saturated heterocycles. The van der Waals surface area contributed by atoms with Gasteiger partial charge in [0.15, 0.2) is 0 Å². The lowest BCUT2D eigenvalue weighted by Gasteiger charge is -2.31. The predicted molar refractivity (Wildman–Crippen MR) is 71.7 cm³/mol. The van der Waals surface area contributed by atoms with Gasteiger partial charge in [0.05, 0.1) is 6.10 Å². The smallest absolute Gasteiger partial charge is 0.0790 e. The van der Waals surface area contributed by atoms with E-state index in [0.717, 1.165) is 11.8 Å². The Balaban J connectivity index is 1.65. The van der Waals surface area contributed by atoms with Crippen molar-refractivity contribution in [3.8, 4) is 0 Å². The minimum absolute atomic E-state index is 0.500. The Labute approximate surface area is 106 Å². The zero-order valence-corrected chi connectivity index (χ0v) is 11.6. The molecule has 0 heterocycles. The first-order valence-corrected chi connectivity index (χ1v) is 7.65. The molecule has 0 aromatic rings. The number of nitrogens with one attached hydrogen (secondary N) is 1. The van der Waals surface area contributed by atoms with Crippen molar-refractivity contribution in [3.63, 3.8) is 0 Å². The molecule has 0 aromatic heterocycles. The highest BCUT2D eigenvalue weighted by Gasteiger charge is 2.24. The van der Waals surface area contributed by atoms with E-state index in [0.29, 0.717) is 12.1 Å². The van der Waals surface area contributed by atoms with Gasteiger partial charge < -0.3 is 0 Å². The van der Waals surface area contributed by atoms with Gasteiger partial charge in [0.2, 0.25) is 0 Å². The summed E-state index contributed by atoms with van der Waals surface area (Å²) in [4.78, 5) is 5.85. The standard InChI is InChI=1S/C15H29NO/c1-12(2)10-13-6-5-7-14(11-13)16-17-15-8-3-4-9-15/h12-16H,3-11H2,1-2H3. The van der Waals surface area contributed by atoms with Gasteiger partial charge in [-0.15, -0.1) is 0 Å². The van der Waals surface area contributed by atoms with E-state index in [4.69, 9.17) is 4.84 Å². The Kier molecular flexibility index (Phi) is 5.30. The third-order valence-corrected chi connectivity index (χ3v) is 4.29. The molecule has 17 heavy (non-hydrogen) atoms. The van der Waals surface area contributed by atoms with E-state index >= 15 is 0 Å². The molecule has 0 amide bonds. The van der Waals surface area contributed by atoms with Crippen LogP contribution in [0.15, 0.2) is 0 Å². The SMILES string of the molecule is CC(C)CC1CCCC(NOC2CCCC2)C1. The van der Waals surface area contributed by atoms with Crippen molar-refractivity contribution in [2.24, 2.45) is 11.8 Å². The van der Waals surface area contributed by atoms with Crippen LogP contribution < -0.4 is 5.48 Å². The Bertz CT molecular complexity index is 211. The molecule has 100 valence electrons. The molecular weight excluding hydrogens is 210 g/mol. The quantitative estimate of drug-likeness (QED) is 0.731. The normalized spacial score (nSPS) is 31.2. The summed E-state index contributed by atoms with van der Waals surface area (Å²) in [6.07, 6.45) is 12.6. The van der Waals surface area contributed by atoms with E-state index in [1.807, 2.05) is 0 Å². The molecule has 0 spiro atoms. The van der Waals surface area contributed by atoms with E-state index in [1.54, 1.807) is 0 Å². The minimum Gasteiger partial charge on any atom is -0.298 e. The van der Waals surface area contributed by atoms with E-state index in [-0.39, 0.29) is 0 Å². The third kappa shape index (κ3) is 4.59. The average Bonchev–Trinajstić information content (AvgIpc) is 2.79. The van der Waals surface area contributed by atoms with Gasteiger partial charge in [-0.1, -0.05) is 39.5 Å². The first-order valence-electron chi connectivity index (χ1n) is 7.65. The monoisotopic (exact) mass is 239 g/mol. The maximum Gasteiger partial charge on any atom is 0.0790 e. The lowest BCUT2D eigenvalue weighted by atomic mass is 9.81. The lowest BCUT2D eigenvalue weighted by Crippen LogP contribution is -2.36. The Morgan fingerprint density at radius 2 is 1.82 bits per heavy atom. The summed E-state index contributed by atoms with van der Waals surface area (Å²) in [5.41, 5.74) is 3.37. The van der Waals surface area contributed by atoms with Crippen molar-refractivity contribution in [3.05, 3.63) is 0 Å². The fourth-order valence-corrected chi connectivity index (χ4v) is 3.48. The summed E-state index contributed by atoms with van der Waals surface area (Å²) in [5.74, 6) is 1.77. The van der Waals surface area contributed by atoms with Crippen molar-refractivity contribution in [1.29, 1.82) is 0 Å². The van der Waals surface area contributed by atoms with Crippen LogP contribution >= 0.6 is 0 Å². The number of hydroxylamine groups is 1. The maximum absolute atomic E-state index is 5.85. The molecule has 1 N–H and O–H groups in total. The number of rotatable bonds is 5. The molecule has 2 fully saturated rings. The first kappa shape index (κ1) is 13.4. The van der Waals surface area contributed by atoms with E-state index in [2.05, 4.69) is 19.3 Å². The molecular formula is C15H29NO. The summed E-state index contributed by atoms with van der Waals surface area (Å²) in [7, 11) is 0. The van der Waals surface area contributed by atoms with Crippen LogP contribution in [0.3, 0.4) is 0 Å². The third-order valence-electron chi connectivity index (χ3n) is 4.29. The van der Waals surface area contributed by atoms with Crippen LogP contribution in [0.5, 0.6) is 0 Å². The summed E-state index contributed by atoms with van der Waals surface area (Å²) < 4.78 is 0. The van der Waals surface area contributed by atoms with Crippen molar-refractivity contribution >= 4 is 0 Å². The predicted octanol–water partition coefficient (Wildman–Crippen LogP) is 4.06. The van der Waals surface area contributed by atoms with Gasteiger partial charge in [-0.2, -0.15) is 5.48 Å². The molecule has 2 atom stereocenters. The first-order chi connectivity index (χ1) is 8.24. The largest absolute Gasteiger partial charge is 0.298 e. The molecule has 0 radical (unpaired) electrons. The second-order valence-corrected chi connectivity index (χ2v) is 6.50. The fourth-order valence-electron chi connectivity index (χ4n) is 3.48. The summed E-state index contributed by atoms with van der Waals surface area (Å²) in [6, 6.07) is 0.619.